The van der Waals surface area contributed by atoms with Crippen molar-refractivity contribution in [1.82, 2.24) is 9.97 Å². The first-order chi connectivity index (χ1) is 13.9. The Morgan fingerprint density at radius 2 is 1.83 bits per heavy atom. The lowest BCUT2D eigenvalue weighted by Crippen LogP contribution is -2.07. The first kappa shape index (κ1) is 19.4. The lowest BCUT2D eigenvalue weighted by atomic mass is 10.2. The molecule has 146 valence electrons. The molecule has 0 aliphatic carbocycles. The molecule has 1 heterocycles. The van der Waals surface area contributed by atoms with E-state index in [1.54, 1.807) is 24.3 Å². The number of nitrogens with one attached hydrogen (secondary N) is 3. The molecule has 0 fully saturated rings. The number of aromatic nitrogens is 2. The van der Waals surface area contributed by atoms with E-state index in [0.717, 1.165) is 12.3 Å². The van der Waals surface area contributed by atoms with Crippen molar-refractivity contribution >= 4 is 40.4 Å². The van der Waals surface area contributed by atoms with E-state index in [1.807, 2.05) is 0 Å². The molecule has 2 aromatic carbocycles. The molecule has 0 saturated carbocycles. The Bertz CT molecular complexity index is 1070. The highest BCUT2D eigenvalue weighted by molar-refractivity contribution is 5.99. The summed E-state index contributed by atoms with van der Waals surface area (Å²) in [5.74, 6) is -1.04. The number of nitro groups is 1. The first-order valence-electron chi connectivity index (χ1n) is 8.29. The second kappa shape index (κ2) is 8.57. The van der Waals surface area contributed by atoms with Crippen molar-refractivity contribution in [3.8, 4) is 0 Å². The maximum Gasteiger partial charge on any atom is 0.269 e. The van der Waals surface area contributed by atoms with Crippen LogP contribution >= 0.6 is 0 Å². The van der Waals surface area contributed by atoms with Crippen molar-refractivity contribution in [3.63, 3.8) is 0 Å². The third kappa shape index (κ3) is 5.10. The summed E-state index contributed by atoms with van der Waals surface area (Å²) in [6.45, 7) is 3.38. The maximum absolute atomic E-state index is 14.1. The summed E-state index contributed by atoms with van der Waals surface area (Å²) in [6.07, 6.45) is 2.13. The number of halogens is 1. The summed E-state index contributed by atoms with van der Waals surface area (Å²) in [5.41, 5.74) is 1.44. The van der Waals surface area contributed by atoms with Crippen LogP contribution < -0.4 is 16.0 Å². The van der Waals surface area contributed by atoms with Gasteiger partial charge in [-0.25, -0.2) is 9.37 Å². The van der Waals surface area contributed by atoms with Crippen LogP contribution in [0.1, 0.15) is 0 Å². The SMILES string of the molecule is C=CC(=O)Nc1cccc(Nc2nc(Nc3ccc([N+](=O)[O-])cc3)ncc2F)c1. The maximum atomic E-state index is 14.1. The minimum absolute atomic E-state index is 0.0543. The van der Waals surface area contributed by atoms with E-state index in [9.17, 15) is 19.3 Å². The van der Waals surface area contributed by atoms with Gasteiger partial charge in [0, 0.05) is 29.2 Å². The van der Waals surface area contributed by atoms with Gasteiger partial charge < -0.3 is 16.0 Å². The molecule has 0 saturated heterocycles. The average molecular weight is 394 g/mol. The van der Waals surface area contributed by atoms with Gasteiger partial charge >= 0.3 is 0 Å². The predicted molar refractivity (Wildman–Crippen MR) is 107 cm³/mol. The molecule has 1 amide bonds. The standard InChI is InChI=1S/C19H15FN6O3/c1-2-17(27)22-13-4-3-5-14(10-13)23-18-16(20)11-21-19(25-18)24-12-6-8-15(9-7-12)26(28)29/h2-11H,1H2,(H,22,27)(H2,21,23,24,25). The van der Waals surface area contributed by atoms with Crippen LogP contribution in [0.2, 0.25) is 0 Å². The van der Waals surface area contributed by atoms with E-state index in [4.69, 9.17) is 0 Å². The summed E-state index contributed by atoms with van der Waals surface area (Å²) in [6, 6.07) is 12.3. The number of nitro benzene ring substituents is 1. The summed E-state index contributed by atoms with van der Waals surface area (Å²) in [5, 5.41) is 19.0. The molecule has 0 aliphatic heterocycles. The third-order valence-electron chi connectivity index (χ3n) is 3.66. The fraction of sp³-hybridized carbons (Fsp3) is 0. The predicted octanol–water partition coefficient (Wildman–Crippen LogP) is 4.14. The van der Waals surface area contributed by atoms with Gasteiger partial charge in [-0.15, -0.1) is 0 Å². The van der Waals surface area contributed by atoms with Crippen LogP contribution in [0.5, 0.6) is 0 Å². The average Bonchev–Trinajstić information content (AvgIpc) is 2.71. The Labute approximate surface area is 164 Å². The quantitative estimate of drug-likeness (QED) is 0.313. The molecular weight excluding hydrogens is 379 g/mol. The number of anilines is 5. The van der Waals surface area contributed by atoms with Gasteiger partial charge in [0.05, 0.1) is 11.1 Å². The second-order valence-electron chi connectivity index (χ2n) is 5.72. The van der Waals surface area contributed by atoms with Crippen molar-refractivity contribution in [2.75, 3.05) is 16.0 Å². The van der Waals surface area contributed by atoms with Gasteiger partial charge in [-0.05, 0) is 36.4 Å². The Morgan fingerprint density at radius 1 is 1.10 bits per heavy atom. The smallest absolute Gasteiger partial charge is 0.269 e. The topological polar surface area (TPSA) is 122 Å². The third-order valence-corrected chi connectivity index (χ3v) is 3.66. The summed E-state index contributed by atoms with van der Waals surface area (Å²) in [7, 11) is 0. The zero-order chi connectivity index (χ0) is 20.8. The van der Waals surface area contributed by atoms with Gasteiger partial charge in [0.2, 0.25) is 11.9 Å². The minimum atomic E-state index is -0.681. The molecule has 1 aromatic heterocycles. The van der Waals surface area contributed by atoms with Crippen molar-refractivity contribution in [3.05, 3.63) is 83.3 Å². The van der Waals surface area contributed by atoms with Crippen LogP contribution in [0.3, 0.4) is 0 Å². The molecule has 3 rings (SSSR count). The Morgan fingerprint density at radius 3 is 2.52 bits per heavy atom. The van der Waals surface area contributed by atoms with E-state index in [0.29, 0.717) is 17.1 Å². The normalized spacial score (nSPS) is 10.1. The number of amides is 1. The van der Waals surface area contributed by atoms with Gasteiger partial charge in [0.15, 0.2) is 11.6 Å². The van der Waals surface area contributed by atoms with Crippen molar-refractivity contribution in [2.45, 2.75) is 0 Å². The highest BCUT2D eigenvalue weighted by Crippen LogP contribution is 2.23. The molecule has 3 aromatic rings. The number of non-ortho nitro benzene ring substituents is 1. The van der Waals surface area contributed by atoms with E-state index < -0.39 is 10.7 Å². The van der Waals surface area contributed by atoms with Crippen LogP contribution in [0.15, 0.2) is 67.4 Å². The zero-order valence-corrected chi connectivity index (χ0v) is 14.9. The van der Waals surface area contributed by atoms with Crippen molar-refractivity contribution in [1.29, 1.82) is 0 Å². The fourth-order valence-electron chi connectivity index (χ4n) is 2.32. The van der Waals surface area contributed by atoms with Crippen LogP contribution in [0, 0.1) is 15.9 Å². The van der Waals surface area contributed by atoms with Crippen molar-refractivity contribution < 1.29 is 14.1 Å². The molecule has 0 bridgehead atoms. The molecule has 0 spiro atoms. The van der Waals surface area contributed by atoms with Gasteiger partial charge in [-0.2, -0.15) is 4.98 Å². The fourth-order valence-corrected chi connectivity index (χ4v) is 2.32. The number of nitrogens with zero attached hydrogens (tertiary/aromatic N) is 3. The molecule has 0 aliphatic rings. The van der Waals surface area contributed by atoms with E-state index >= 15 is 0 Å². The van der Waals surface area contributed by atoms with E-state index in [-0.39, 0.29) is 23.4 Å². The number of hydrogen-bond donors (Lipinski definition) is 3. The van der Waals surface area contributed by atoms with Crippen LogP contribution in [-0.4, -0.2) is 20.8 Å². The first-order valence-corrected chi connectivity index (χ1v) is 8.29. The van der Waals surface area contributed by atoms with Gasteiger partial charge in [-0.1, -0.05) is 12.6 Å². The van der Waals surface area contributed by atoms with Gasteiger partial charge in [0.1, 0.15) is 0 Å². The molecule has 3 N–H and O–H groups in total. The van der Waals surface area contributed by atoms with Crippen LogP contribution in [-0.2, 0) is 4.79 Å². The minimum Gasteiger partial charge on any atom is -0.338 e. The summed E-state index contributed by atoms with van der Waals surface area (Å²) >= 11 is 0. The largest absolute Gasteiger partial charge is 0.338 e. The van der Waals surface area contributed by atoms with Crippen LogP contribution in [0.4, 0.5) is 38.9 Å². The summed E-state index contributed by atoms with van der Waals surface area (Å²) < 4.78 is 14.1. The lowest BCUT2D eigenvalue weighted by Gasteiger charge is -2.11. The number of hydrogen-bond acceptors (Lipinski definition) is 7. The van der Waals surface area contributed by atoms with Gasteiger partial charge in [0.25, 0.3) is 5.69 Å². The highest BCUT2D eigenvalue weighted by atomic mass is 19.1. The molecular formula is C19H15FN6O3. The second-order valence-corrected chi connectivity index (χ2v) is 5.72. The van der Waals surface area contributed by atoms with E-state index in [2.05, 4.69) is 32.5 Å². The Balaban J connectivity index is 1.77. The molecule has 9 nitrogen and oxygen atoms in total. The highest BCUT2D eigenvalue weighted by Gasteiger charge is 2.10. The summed E-state index contributed by atoms with van der Waals surface area (Å²) in [4.78, 5) is 29.6. The molecule has 0 unspecified atom stereocenters. The van der Waals surface area contributed by atoms with E-state index in [1.165, 1.54) is 24.3 Å². The van der Waals surface area contributed by atoms with Gasteiger partial charge in [-0.3, -0.25) is 14.9 Å². The molecule has 0 radical (unpaired) electrons. The number of carbonyl (C=O) groups excluding carboxylic acids is 1. The lowest BCUT2D eigenvalue weighted by molar-refractivity contribution is -0.384. The number of carbonyl (C=O) groups is 1. The van der Waals surface area contributed by atoms with Crippen LogP contribution in [0.25, 0.3) is 0 Å². The number of benzene rings is 2. The number of rotatable bonds is 7. The molecule has 29 heavy (non-hydrogen) atoms. The zero-order valence-electron chi connectivity index (χ0n) is 14.9. The molecule has 0 atom stereocenters. The monoisotopic (exact) mass is 394 g/mol. The molecule has 10 heteroatoms. The van der Waals surface area contributed by atoms with Crippen molar-refractivity contribution in [2.24, 2.45) is 0 Å². The Hall–Kier alpha value is -4.34. The Kier molecular flexibility index (Phi) is 5.74.